The smallest absolute Gasteiger partial charge is 0.338 e. The number of hydrogen-bond acceptors (Lipinski definition) is 3. The van der Waals surface area contributed by atoms with Gasteiger partial charge in [0.2, 0.25) is 0 Å². The molecule has 0 aromatic rings. The van der Waals surface area contributed by atoms with Crippen LogP contribution in [0.4, 0.5) is 0 Å². The second-order valence-corrected chi connectivity index (χ2v) is 3.80. The first-order valence-corrected chi connectivity index (χ1v) is 5.40. The maximum atomic E-state index is 11.4. The molecule has 0 saturated carbocycles. The minimum Gasteiger partial charge on any atom is -0.465 e. The first kappa shape index (κ1) is 14.0. The van der Waals surface area contributed by atoms with Gasteiger partial charge in [-0.15, -0.1) is 0 Å². The minimum atomic E-state index is -0.358. The molecule has 0 aromatic heterocycles. The van der Waals surface area contributed by atoms with Crippen molar-refractivity contribution in [2.24, 2.45) is 5.73 Å². The van der Waals surface area contributed by atoms with E-state index in [0.717, 1.165) is 6.42 Å². The Morgan fingerprint density at radius 2 is 2.07 bits per heavy atom. The number of carbonyl (C=O) groups excluding carboxylic acids is 1. The van der Waals surface area contributed by atoms with Gasteiger partial charge in [0.25, 0.3) is 0 Å². The molecule has 2 N–H and O–H groups in total. The fourth-order valence-corrected chi connectivity index (χ4v) is 1.34. The number of ether oxygens (including phenoxy) is 1. The van der Waals surface area contributed by atoms with Crippen LogP contribution in [0.2, 0.25) is 0 Å². The topological polar surface area (TPSA) is 52.3 Å². The van der Waals surface area contributed by atoms with Gasteiger partial charge in [0.1, 0.15) is 0 Å². The standard InChI is InChI=1S/C11H16BrNO2/c1-4-5-9(11(14)15-3)10(12)7-6-8(2)13/h5-7H,4,13H2,1-3H3/b8-6+,9-5-,10-7+. The Morgan fingerprint density at radius 1 is 1.47 bits per heavy atom. The largest absolute Gasteiger partial charge is 0.465 e. The van der Waals surface area contributed by atoms with Crippen LogP contribution in [0.5, 0.6) is 0 Å². The van der Waals surface area contributed by atoms with Crippen molar-refractivity contribution in [3.63, 3.8) is 0 Å². The van der Waals surface area contributed by atoms with Crippen LogP contribution in [0.3, 0.4) is 0 Å². The molecule has 0 aliphatic rings. The highest BCUT2D eigenvalue weighted by molar-refractivity contribution is 9.12. The van der Waals surface area contributed by atoms with Gasteiger partial charge >= 0.3 is 5.97 Å². The monoisotopic (exact) mass is 273 g/mol. The molecular weight excluding hydrogens is 258 g/mol. The van der Waals surface area contributed by atoms with Crippen LogP contribution in [-0.2, 0) is 9.53 Å². The molecule has 15 heavy (non-hydrogen) atoms. The van der Waals surface area contributed by atoms with E-state index in [4.69, 9.17) is 5.73 Å². The summed E-state index contributed by atoms with van der Waals surface area (Å²) in [6.45, 7) is 3.73. The molecule has 0 heterocycles. The van der Waals surface area contributed by atoms with Gasteiger partial charge in [0.15, 0.2) is 0 Å². The van der Waals surface area contributed by atoms with Crippen LogP contribution in [0.15, 0.2) is 34.0 Å². The third-order valence-electron chi connectivity index (χ3n) is 1.56. The predicted molar refractivity (Wildman–Crippen MR) is 65.3 cm³/mol. The third-order valence-corrected chi connectivity index (χ3v) is 2.25. The Balaban J connectivity index is 4.95. The molecular formula is C11H16BrNO2. The SMILES string of the molecule is CC/C=C(C(=O)OC)/C(Br)=C\C=C(/C)N. The fraction of sp³-hybridized carbons (Fsp3) is 0.364. The van der Waals surface area contributed by atoms with Crippen molar-refractivity contribution in [2.75, 3.05) is 7.11 Å². The third kappa shape index (κ3) is 5.42. The maximum Gasteiger partial charge on any atom is 0.338 e. The molecule has 0 aromatic carbocycles. The zero-order valence-corrected chi connectivity index (χ0v) is 10.8. The van der Waals surface area contributed by atoms with Crippen LogP contribution < -0.4 is 5.73 Å². The van der Waals surface area contributed by atoms with Gasteiger partial charge in [0, 0.05) is 10.2 Å². The summed E-state index contributed by atoms with van der Waals surface area (Å²) in [5.74, 6) is -0.358. The van der Waals surface area contributed by atoms with E-state index < -0.39 is 0 Å². The van der Waals surface area contributed by atoms with Crippen molar-refractivity contribution in [3.05, 3.63) is 34.0 Å². The van der Waals surface area contributed by atoms with E-state index in [9.17, 15) is 4.79 Å². The minimum absolute atomic E-state index is 0.358. The van der Waals surface area contributed by atoms with Crippen molar-refractivity contribution in [2.45, 2.75) is 20.3 Å². The number of rotatable bonds is 4. The summed E-state index contributed by atoms with van der Waals surface area (Å²) < 4.78 is 5.33. The molecule has 84 valence electrons. The van der Waals surface area contributed by atoms with Crippen molar-refractivity contribution < 1.29 is 9.53 Å². The number of allylic oxidation sites excluding steroid dienone is 4. The molecule has 0 radical (unpaired) electrons. The summed E-state index contributed by atoms with van der Waals surface area (Å²) in [5.41, 5.74) is 6.67. The summed E-state index contributed by atoms with van der Waals surface area (Å²) in [6, 6.07) is 0. The lowest BCUT2D eigenvalue weighted by atomic mass is 10.2. The van der Waals surface area contributed by atoms with Gasteiger partial charge < -0.3 is 10.5 Å². The maximum absolute atomic E-state index is 11.4. The number of nitrogens with two attached hydrogens (primary N) is 1. The molecule has 0 aliphatic heterocycles. The van der Waals surface area contributed by atoms with Gasteiger partial charge in [-0.3, -0.25) is 0 Å². The van der Waals surface area contributed by atoms with Crippen molar-refractivity contribution in [3.8, 4) is 0 Å². The van der Waals surface area contributed by atoms with Gasteiger partial charge in [-0.25, -0.2) is 4.79 Å². The molecule has 0 atom stereocenters. The van der Waals surface area contributed by atoms with E-state index in [0.29, 0.717) is 15.8 Å². The Hall–Kier alpha value is -1.03. The number of esters is 1. The van der Waals surface area contributed by atoms with E-state index >= 15 is 0 Å². The van der Waals surface area contributed by atoms with Gasteiger partial charge in [0.05, 0.1) is 12.7 Å². The molecule has 0 aliphatic carbocycles. The summed E-state index contributed by atoms with van der Waals surface area (Å²) in [5, 5.41) is 0. The van der Waals surface area contributed by atoms with Crippen LogP contribution in [0, 0.1) is 0 Å². The molecule has 0 bridgehead atoms. The van der Waals surface area contributed by atoms with Crippen molar-refractivity contribution >= 4 is 21.9 Å². The summed E-state index contributed by atoms with van der Waals surface area (Å²) in [6.07, 6.45) is 6.01. The van der Waals surface area contributed by atoms with Gasteiger partial charge in [-0.2, -0.15) is 0 Å². The van der Waals surface area contributed by atoms with Crippen LogP contribution in [0.25, 0.3) is 0 Å². The van der Waals surface area contributed by atoms with E-state index in [1.165, 1.54) is 7.11 Å². The number of halogens is 1. The Labute approximate surface area is 98.8 Å². The molecule has 3 nitrogen and oxygen atoms in total. The van der Waals surface area contributed by atoms with Crippen molar-refractivity contribution in [1.29, 1.82) is 0 Å². The average molecular weight is 274 g/mol. The first-order valence-electron chi connectivity index (χ1n) is 4.61. The lowest BCUT2D eigenvalue weighted by molar-refractivity contribution is -0.135. The lowest BCUT2D eigenvalue weighted by Gasteiger charge is -2.03. The molecule has 0 amide bonds. The highest BCUT2D eigenvalue weighted by atomic mass is 79.9. The highest BCUT2D eigenvalue weighted by Gasteiger charge is 2.11. The zero-order valence-electron chi connectivity index (χ0n) is 9.21. The quantitative estimate of drug-likeness (QED) is 0.487. The van der Waals surface area contributed by atoms with E-state index in [1.807, 2.05) is 6.92 Å². The first-order chi connectivity index (χ1) is 7.02. The fourth-order valence-electron chi connectivity index (χ4n) is 0.887. The molecule has 0 fully saturated rings. The van der Waals surface area contributed by atoms with Crippen molar-refractivity contribution in [1.82, 2.24) is 0 Å². The summed E-state index contributed by atoms with van der Waals surface area (Å²) in [4.78, 5) is 11.4. The Morgan fingerprint density at radius 3 is 2.47 bits per heavy atom. The van der Waals surface area contributed by atoms with Crippen LogP contribution >= 0.6 is 15.9 Å². The predicted octanol–water partition coefficient (Wildman–Crippen LogP) is 2.64. The summed E-state index contributed by atoms with van der Waals surface area (Å²) in [7, 11) is 1.36. The van der Waals surface area contributed by atoms with E-state index in [-0.39, 0.29) is 5.97 Å². The Bertz CT molecular complexity index is 313. The van der Waals surface area contributed by atoms with E-state index in [2.05, 4.69) is 20.7 Å². The summed E-state index contributed by atoms with van der Waals surface area (Å²) >= 11 is 3.31. The molecule has 0 rings (SSSR count). The molecule has 0 spiro atoms. The van der Waals surface area contributed by atoms with Gasteiger partial charge in [-0.05, 0) is 41.4 Å². The Kier molecular flexibility index (Phi) is 6.79. The lowest BCUT2D eigenvalue weighted by Crippen LogP contribution is -2.04. The molecule has 0 saturated heterocycles. The number of hydrogen-bond donors (Lipinski definition) is 1. The highest BCUT2D eigenvalue weighted by Crippen LogP contribution is 2.19. The molecule has 4 heteroatoms. The second kappa shape index (κ2) is 7.29. The van der Waals surface area contributed by atoms with Crippen LogP contribution in [-0.4, -0.2) is 13.1 Å². The zero-order chi connectivity index (χ0) is 11.8. The number of carbonyl (C=O) groups is 1. The average Bonchev–Trinajstić information content (AvgIpc) is 2.21. The van der Waals surface area contributed by atoms with E-state index in [1.54, 1.807) is 25.2 Å². The van der Waals surface area contributed by atoms with Crippen LogP contribution in [0.1, 0.15) is 20.3 Å². The van der Waals surface area contributed by atoms with Gasteiger partial charge in [-0.1, -0.05) is 13.0 Å². The normalized spacial score (nSPS) is 14.0. The number of methoxy groups -OCH3 is 1. The second-order valence-electron chi connectivity index (χ2n) is 2.94. The molecule has 0 unspecified atom stereocenters.